The highest BCUT2D eigenvalue weighted by atomic mass is 16.2. The molecule has 0 radical (unpaired) electrons. The van der Waals surface area contributed by atoms with Crippen LogP contribution < -0.4 is 4.90 Å². The fourth-order valence-electron chi connectivity index (χ4n) is 3.88. The summed E-state index contributed by atoms with van der Waals surface area (Å²) in [6, 6.07) is 15.1. The van der Waals surface area contributed by atoms with E-state index in [9.17, 15) is 9.59 Å². The summed E-state index contributed by atoms with van der Waals surface area (Å²) in [7, 11) is 0. The van der Waals surface area contributed by atoms with Gasteiger partial charge in [0.15, 0.2) is 0 Å². The monoisotopic (exact) mass is 334 g/mol. The van der Waals surface area contributed by atoms with Gasteiger partial charge in [0, 0.05) is 24.3 Å². The molecule has 0 saturated carbocycles. The Hall–Kier alpha value is -2.62. The van der Waals surface area contributed by atoms with Crippen LogP contribution in [0.15, 0.2) is 48.5 Å². The predicted molar refractivity (Wildman–Crippen MR) is 97.8 cm³/mol. The van der Waals surface area contributed by atoms with Gasteiger partial charge in [-0.15, -0.1) is 0 Å². The molecule has 1 heterocycles. The van der Waals surface area contributed by atoms with Crippen molar-refractivity contribution in [2.24, 2.45) is 0 Å². The number of aryl methyl sites for hydroxylation is 2. The second kappa shape index (κ2) is 6.36. The minimum absolute atomic E-state index is 0.00604. The number of fused-ring (bicyclic) bond motifs is 1. The number of carbonyl (C=O) groups is 2. The fraction of sp³-hybridized carbons (Fsp3) is 0.333. The van der Waals surface area contributed by atoms with Crippen molar-refractivity contribution in [2.45, 2.75) is 32.2 Å². The highest BCUT2D eigenvalue weighted by Gasteiger charge is 2.35. The minimum Gasteiger partial charge on any atom is -0.325 e. The zero-order valence-electron chi connectivity index (χ0n) is 14.4. The van der Waals surface area contributed by atoms with Gasteiger partial charge in [0.2, 0.25) is 5.91 Å². The van der Waals surface area contributed by atoms with E-state index in [0.717, 1.165) is 18.5 Å². The lowest BCUT2D eigenvalue weighted by molar-refractivity contribution is -0.124. The molecule has 2 aromatic rings. The van der Waals surface area contributed by atoms with Crippen LogP contribution >= 0.6 is 0 Å². The summed E-state index contributed by atoms with van der Waals surface area (Å²) in [5.41, 5.74) is 4.36. The fourth-order valence-corrected chi connectivity index (χ4v) is 3.88. The molecule has 0 N–H and O–H groups in total. The Morgan fingerprint density at radius 2 is 1.76 bits per heavy atom. The van der Waals surface area contributed by atoms with E-state index in [2.05, 4.69) is 12.1 Å². The zero-order chi connectivity index (χ0) is 17.4. The summed E-state index contributed by atoms with van der Waals surface area (Å²) in [4.78, 5) is 29.1. The lowest BCUT2D eigenvalue weighted by Gasteiger charge is -2.39. The number of nitrogens with zero attached hydrogens (tertiary/aromatic N) is 2. The number of carbonyl (C=O) groups excluding carboxylic acids is 2. The van der Waals surface area contributed by atoms with Crippen LogP contribution in [0.1, 0.15) is 34.8 Å². The van der Waals surface area contributed by atoms with E-state index in [1.807, 2.05) is 36.1 Å². The van der Waals surface area contributed by atoms with Crippen molar-refractivity contribution in [3.05, 3.63) is 65.2 Å². The molecule has 2 aromatic carbocycles. The molecule has 0 aromatic heterocycles. The van der Waals surface area contributed by atoms with Crippen LogP contribution in [0.2, 0.25) is 0 Å². The number of anilines is 1. The van der Waals surface area contributed by atoms with Crippen molar-refractivity contribution in [3.8, 4) is 0 Å². The molecule has 0 unspecified atom stereocenters. The van der Waals surface area contributed by atoms with Gasteiger partial charge >= 0.3 is 0 Å². The third kappa shape index (κ3) is 2.82. The summed E-state index contributed by atoms with van der Waals surface area (Å²) < 4.78 is 0. The molecule has 4 heteroatoms. The average Bonchev–Trinajstić information content (AvgIpc) is 3.12. The summed E-state index contributed by atoms with van der Waals surface area (Å²) in [5.74, 6) is -0.0801. The smallest absolute Gasteiger partial charge is 0.254 e. The zero-order valence-corrected chi connectivity index (χ0v) is 14.4. The van der Waals surface area contributed by atoms with Crippen LogP contribution in [0.3, 0.4) is 0 Å². The molecular weight excluding hydrogens is 312 g/mol. The van der Waals surface area contributed by atoms with Crippen LogP contribution in [0, 0.1) is 0 Å². The van der Waals surface area contributed by atoms with Gasteiger partial charge in [0.1, 0.15) is 6.04 Å². The lowest BCUT2D eigenvalue weighted by atomic mass is 10.1. The Kier molecular flexibility index (Phi) is 4.04. The third-order valence-electron chi connectivity index (χ3n) is 5.33. The van der Waals surface area contributed by atoms with Crippen molar-refractivity contribution in [2.75, 3.05) is 18.0 Å². The van der Waals surface area contributed by atoms with Crippen molar-refractivity contribution in [1.82, 2.24) is 4.90 Å². The number of amides is 2. The Morgan fingerprint density at radius 3 is 2.56 bits per heavy atom. The van der Waals surface area contributed by atoms with Crippen molar-refractivity contribution < 1.29 is 9.59 Å². The average molecular weight is 334 g/mol. The second-order valence-corrected chi connectivity index (χ2v) is 6.84. The Labute approximate surface area is 148 Å². The molecule has 0 bridgehead atoms. The van der Waals surface area contributed by atoms with Gasteiger partial charge in [-0.2, -0.15) is 0 Å². The maximum atomic E-state index is 12.9. The molecule has 1 saturated heterocycles. The first kappa shape index (κ1) is 15.9. The third-order valence-corrected chi connectivity index (χ3v) is 5.33. The van der Waals surface area contributed by atoms with E-state index in [1.165, 1.54) is 17.5 Å². The topological polar surface area (TPSA) is 40.6 Å². The summed E-state index contributed by atoms with van der Waals surface area (Å²) in [6.07, 6.45) is 3.43. The van der Waals surface area contributed by atoms with Crippen LogP contribution in [-0.4, -0.2) is 35.8 Å². The molecule has 2 aliphatic rings. The predicted octanol–water partition coefficient (Wildman–Crippen LogP) is 3.05. The van der Waals surface area contributed by atoms with Gasteiger partial charge in [0.05, 0.1) is 0 Å². The first-order valence-corrected chi connectivity index (χ1v) is 8.94. The Morgan fingerprint density at radius 1 is 1.00 bits per heavy atom. The minimum atomic E-state index is -0.449. The van der Waals surface area contributed by atoms with Crippen molar-refractivity contribution in [3.63, 3.8) is 0 Å². The first-order chi connectivity index (χ1) is 12.1. The quantitative estimate of drug-likeness (QED) is 0.847. The number of piperazine rings is 1. The van der Waals surface area contributed by atoms with Gasteiger partial charge in [-0.25, -0.2) is 0 Å². The molecule has 128 valence electrons. The van der Waals surface area contributed by atoms with Gasteiger partial charge in [-0.05, 0) is 61.6 Å². The molecule has 2 amide bonds. The number of hydrogen-bond donors (Lipinski definition) is 0. The SMILES string of the molecule is C[C@H]1C(=O)N(c2ccc3c(c2)CCC3)CCN1C(=O)c1ccccc1. The Bertz CT molecular complexity index is 816. The van der Waals surface area contributed by atoms with Gasteiger partial charge in [0.25, 0.3) is 5.91 Å². The molecule has 0 spiro atoms. The second-order valence-electron chi connectivity index (χ2n) is 6.84. The van der Waals surface area contributed by atoms with E-state index in [4.69, 9.17) is 0 Å². The van der Waals surface area contributed by atoms with Crippen LogP contribution in [-0.2, 0) is 17.6 Å². The van der Waals surface area contributed by atoms with E-state index < -0.39 is 6.04 Å². The standard InChI is InChI=1S/C21H22N2O2/c1-15-20(24)23(19-11-10-16-8-5-9-18(16)14-19)13-12-22(15)21(25)17-6-3-2-4-7-17/h2-4,6-7,10-11,14-15H,5,8-9,12-13H2,1H3/t15-/m0/s1. The Balaban J connectivity index is 1.54. The van der Waals surface area contributed by atoms with Gasteiger partial charge in [-0.1, -0.05) is 24.3 Å². The van der Waals surface area contributed by atoms with Gasteiger partial charge in [-0.3, -0.25) is 9.59 Å². The molecular formula is C21H22N2O2. The normalized spacial score (nSPS) is 19.9. The summed E-state index contributed by atoms with van der Waals surface area (Å²) in [6.45, 7) is 2.92. The van der Waals surface area contributed by atoms with Crippen molar-refractivity contribution >= 4 is 17.5 Å². The van der Waals surface area contributed by atoms with E-state index in [-0.39, 0.29) is 11.8 Å². The number of benzene rings is 2. The van der Waals surface area contributed by atoms with Crippen molar-refractivity contribution in [1.29, 1.82) is 0 Å². The molecule has 1 aliphatic carbocycles. The maximum absolute atomic E-state index is 12.9. The molecule has 25 heavy (non-hydrogen) atoms. The largest absolute Gasteiger partial charge is 0.325 e. The summed E-state index contributed by atoms with van der Waals surface area (Å²) >= 11 is 0. The van der Waals surface area contributed by atoms with Crippen LogP contribution in [0.4, 0.5) is 5.69 Å². The molecule has 1 atom stereocenters. The lowest BCUT2D eigenvalue weighted by Crippen LogP contribution is -2.57. The van der Waals surface area contributed by atoms with E-state index in [0.29, 0.717) is 18.7 Å². The molecule has 1 fully saturated rings. The molecule has 4 rings (SSSR count). The number of hydrogen-bond acceptors (Lipinski definition) is 2. The highest BCUT2D eigenvalue weighted by molar-refractivity contribution is 6.03. The first-order valence-electron chi connectivity index (χ1n) is 8.94. The van der Waals surface area contributed by atoms with Crippen LogP contribution in [0.5, 0.6) is 0 Å². The number of rotatable bonds is 2. The summed E-state index contributed by atoms with van der Waals surface area (Å²) in [5, 5.41) is 0. The van der Waals surface area contributed by atoms with E-state index >= 15 is 0 Å². The highest BCUT2D eigenvalue weighted by Crippen LogP contribution is 2.28. The van der Waals surface area contributed by atoms with E-state index in [1.54, 1.807) is 17.0 Å². The molecule has 1 aliphatic heterocycles. The van der Waals surface area contributed by atoms with Gasteiger partial charge < -0.3 is 9.80 Å². The molecule has 4 nitrogen and oxygen atoms in total. The maximum Gasteiger partial charge on any atom is 0.254 e. The van der Waals surface area contributed by atoms with Crippen LogP contribution in [0.25, 0.3) is 0 Å².